The van der Waals surface area contributed by atoms with Gasteiger partial charge in [0, 0.05) is 19.6 Å². The zero-order valence-electron chi connectivity index (χ0n) is 18.5. The van der Waals surface area contributed by atoms with Crippen LogP contribution in [0.4, 0.5) is 0 Å². The fourth-order valence-electron chi connectivity index (χ4n) is 2.18. The molecule has 182 valence electrons. The highest BCUT2D eigenvalue weighted by molar-refractivity contribution is 6.59. The molecule has 3 amide bonds. The number of unbranched alkanes of at least 4 members (excludes halogenated alkanes) is 1. The monoisotopic (exact) mass is 458 g/mol. The van der Waals surface area contributed by atoms with Crippen molar-refractivity contribution in [2.24, 2.45) is 5.73 Å². The zero-order valence-corrected chi connectivity index (χ0v) is 18.5. The smallest absolute Gasteiger partial charge is 0.246 e. The van der Waals surface area contributed by atoms with Crippen LogP contribution in [0.2, 0.25) is 0 Å². The van der Waals surface area contributed by atoms with Gasteiger partial charge in [0.25, 0.3) is 0 Å². The molecule has 0 aliphatic carbocycles. The molecule has 0 saturated carbocycles. The minimum Gasteiger partial charge on any atom is -0.377 e. The van der Waals surface area contributed by atoms with Gasteiger partial charge in [-0.15, -0.1) is 0 Å². The van der Waals surface area contributed by atoms with E-state index >= 15 is 0 Å². The number of nitrogens with one attached hydrogen (secondary N) is 3. The Hall–Kier alpha value is -2.06. The summed E-state index contributed by atoms with van der Waals surface area (Å²) >= 11 is 0. The Balaban J connectivity index is 3.33. The molecule has 0 aromatic heterocycles. The van der Waals surface area contributed by atoms with Crippen LogP contribution < -0.4 is 21.7 Å². The molecule has 12 nitrogen and oxygen atoms in total. The van der Waals surface area contributed by atoms with Gasteiger partial charge in [-0.3, -0.25) is 14.4 Å². The molecule has 0 heterocycles. The molecule has 1 atom stereocenters. The first-order valence-electron chi connectivity index (χ1n) is 10.5. The van der Waals surface area contributed by atoms with Crippen molar-refractivity contribution in [1.29, 1.82) is 0 Å². The van der Waals surface area contributed by atoms with Crippen molar-refractivity contribution in [2.45, 2.75) is 25.3 Å². The molecule has 0 bridgehead atoms. The maximum absolute atomic E-state index is 11.6. The molecule has 0 aliphatic heterocycles. The normalized spacial score (nSPS) is 11.5. The van der Waals surface area contributed by atoms with E-state index in [1.54, 1.807) is 0 Å². The number of rotatable bonds is 23. The minimum atomic E-state index is -0.648. The standard InChI is InChI=1S/C19H35BN4O8/c20-19(28)16(21)3-1-2-4-23-17(26)13-31-12-10-30-8-6-24-18(27)14-32-11-9-29-7-5-22-15-25/h15-16H,1-14,21H2,(H,22,25)(H,23,26)(H,24,27)/t16-/m0/s1. The first-order chi connectivity index (χ1) is 15.5. The molecular weight excluding hydrogens is 423 g/mol. The van der Waals surface area contributed by atoms with Crippen molar-refractivity contribution in [3.63, 3.8) is 0 Å². The molecule has 0 saturated heterocycles. The lowest BCUT2D eigenvalue weighted by Gasteiger charge is -2.09. The number of amides is 3. The molecule has 2 radical (unpaired) electrons. The van der Waals surface area contributed by atoms with Crippen molar-refractivity contribution < 1.29 is 38.1 Å². The average molecular weight is 458 g/mol. The third-order valence-electron chi connectivity index (χ3n) is 3.88. The molecule has 0 fully saturated rings. The SMILES string of the molecule is [B]C(=O)[C@@H](N)CCCCNC(=O)COCCOCCNC(=O)COCCOCCNC=O. The Labute approximate surface area is 190 Å². The van der Waals surface area contributed by atoms with Crippen molar-refractivity contribution in [1.82, 2.24) is 16.0 Å². The lowest BCUT2D eigenvalue weighted by atomic mass is 9.92. The van der Waals surface area contributed by atoms with Gasteiger partial charge in [0.2, 0.25) is 18.2 Å². The fraction of sp³-hybridized carbons (Fsp3) is 0.789. The van der Waals surface area contributed by atoms with Crippen LogP contribution in [0.1, 0.15) is 19.3 Å². The number of nitrogens with two attached hydrogens (primary N) is 1. The van der Waals surface area contributed by atoms with Crippen molar-refractivity contribution in [2.75, 3.05) is 72.5 Å². The molecule has 0 spiro atoms. The third kappa shape index (κ3) is 21.2. The fourth-order valence-corrected chi connectivity index (χ4v) is 2.18. The van der Waals surface area contributed by atoms with E-state index in [0.717, 1.165) is 0 Å². The Morgan fingerprint density at radius 3 is 1.88 bits per heavy atom. The predicted octanol–water partition coefficient (Wildman–Crippen LogP) is -2.78. The highest BCUT2D eigenvalue weighted by atomic mass is 16.5. The third-order valence-corrected chi connectivity index (χ3v) is 3.88. The summed E-state index contributed by atoms with van der Waals surface area (Å²) in [6.45, 7) is 2.92. The van der Waals surface area contributed by atoms with E-state index in [-0.39, 0.29) is 38.2 Å². The molecule has 0 aromatic rings. The Morgan fingerprint density at radius 2 is 1.31 bits per heavy atom. The maximum atomic E-state index is 11.6. The quantitative estimate of drug-likeness (QED) is 0.0720. The summed E-state index contributed by atoms with van der Waals surface area (Å²) in [7, 11) is 5.06. The van der Waals surface area contributed by atoms with Gasteiger partial charge in [-0.25, -0.2) is 0 Å². The van der Waals surface area contributed by atoms with Gasteiger partial charge >= 0.3 is 0 Å². The van der Waals surface area contributed by atoms with Crippen molar-refractivity contribution in [3.8, 4) is 0 Å². The molecule has 5 N–H and O–H groups in total. The second-order valence-corrected chi connectivity index (χ2v) is 6.61. The van der Waals surface area contributed by atoms with E-state index in [4.69, 9.17) is 32.5 Å². The average Bonchev–Trinajstić information content (AvgIpc) is 2.76. The van der Waals surface area contributed by atoms with Crippen LogP contribution >= 0.6 is 0 Å². The summed E-state index contributed by atoms with van der Waals surface area (Å²) in [5.74, 6) is -0.500. The van der Waals surface area contributed by atoms with Crippen LogP contribution in [0, 0.1) is 0 Å². The van der Waals surface area contributed by atoms with Gasteiger partial charge in [-0.2, -0.15) is 0 Å². The van der Waals surface area contributed by atoms with E-state index in [1.807, 2.05) is 0 Å². The zero-order chi connectivity index (χ0) is 23.9. The van der Waals surface area contributed by atoms with Crippen molar-refractivity contribution >= 4 is 31.8 Å². The lowest BCUT2D eigenvalue weighted by Crippen LogP contribution is -2.32. The minimum absolute atomic E-state index is 0.0739. The van der Waals surface area contributed by atoms with E-state index in [9.17, 15) is 19.2 Å². The van der Waals surface area contributed by atoms with Crippen LogP contribution in [-0.2, 0) is 38.1 Å². The maximum Gasteiger partial charge on any atom is 0.246 e. The Kier molecular flexibility index (Phi) is 20.7. The second kappa shape index (κ2) is 22.2. The highest BCUT2D eigenvalue weighted by Gasteiger charge is 2.07. The first kappa shape index (κ1) is 29.9. The van der Waals surface area contributed by atoms with Crippen molar-refractivity contribution in [3.05, 3.63) is 0 Å². The molecule has 0 unspecified atom stereocenters. The molecule has 13 heteroatoms. The largest absolute Gasteiger partial charge is 0.377 e. The predicted molar refractivity (Wildman–Crippen MR) is 116 cm³/mol. The van der Waals surface area contributed by atoms with E-state index in [1.165, 1.54) is 0 Å². The summed E-state index contributed by atoms with van der Waals surface area (Å²) in [6, 6.07) is -0.648. The van der Waals surface area contributed by atoms with Crippen LogP contribution in [0.3, 0.4) is 0 Å². The van der Waals surface area contributed by atoms with Gasteiger partial charge in [0.1, 0.15) is 13.2 Å². The summed E-state index contributed by atoms with van der Waals surface area (Å²) < 4.78 is 20.8. The van der Waals surface area contributed by atoms with Gasteiger partial charge in [0.05, 0.1) is 51.4 Å². The number of hydrogen-bond donors (Lipinski definition) is 4. The van der Waals surface area contributed by atoms with Gasteiger partial charge in [0.15, 0.2) is 7.85 Å². The molecule has 32 heavy (non-hydrogen) atoms. The molecular formula is C19H35BN4O8. The van der Waals surface area contributed by atoms with E-state index in [0.29, 0.717) is 71.7 Å². The second-order valence-electron chi connectivity index (χ2n) is 6.61. The lowest BCUT2D eigenvalue weighted by molar-refractivity contribution is -0.127. The summed E-state index contributed by atoms with van der Waals surface area (Å²) in [4.78, 5) is 43.9. The van der Waals surface area contributed by atoms with Gasteiger partial charge in [-0.05, 0) is 19.3 Å². The van der Waals surface area contributed by atoms with Crippen LogP contribution in [0.5, 0.6) is 0 Å². The van der Waals surface area contributed by atoms with Crippen LogP contribution in [0.15, 0.2) is 0 Å². The van der Waals surface area contributed by atoms with Gasteiger partial charge < -0.3 is 45.4 Å². The Bertz CT molecular complexity index is 528. The number of carbonyl (C=O) groups excluding carboxylic acids is 4. The molecule has 0 aromatic carbocycles. The Morgan fingerprint density at radius 1 is 0.781 bits per heavy atom. The molecule has 0 rings (SSSR count). The topological polar surface area (TPSA) is 167 Å². The summed E-state index contributed by atoms with van der Waals surface area (Å²) in [5, 5.41) is 7.80. The molecule has 0 aliphatic rings. The van der Waals surface area contributed by atoms with Gasteiger partial charge in [-0.1, -0.05) is 0 Å². The van der Waals surface area contributed by atoms with Crippen LogP contribution in [0.25, 0.3) is 0 Å². The van der Waals surface area contributed by atoms with E-state index < -0.39 is 11.7 Å². The van der Waals surface area contributed by atoms with E-state index in [2.05, 4.69) is 16.0 Å². The summed E-state index contributed by atoms with van der Waals surface area (Å²) in [6.07, 6.45) is 2.47. The number of carbonyl (C=O) groups is 4. The first-order valence-corrected chi connectivity index (χ1v) is 10.5. The summed E-state index contributed by atoms with van der Waals surface area (Å²) in [5.41, 5.74) is 4.98. The number of ether oxygens (including phenoxy) is 4. The van der Waals surface area contributed by atoms with Crippen LogP contribution in [-0.4, -0.2) is 110 Å². The highest BCUT2D eigenvalue weighted by Crippen LogP contribution is 1.98. The number of hydrogen-bond acceptors (Lipinski definition) is 9.